The standard InChI is InChI=1S/C17H18ClFN4O/c18-15-10-12(19)4-5-14(15)16(24)21-11-13-6-7-20-17(22-13)23-8-2-1-3-9-23/h4-7,10H,1-3,8-9,11H2,(H,21,24). The molecule has 5 nitrogen and oxygen atoms in total. The van der Waals surface area contributed by atoms with Crippen molar-refractivity contribution < 1.29 is 9.18 Å². The van der Waals surface area contributed by atoms with Gasteiger partial charge in [0.05, 0.1) is 22.8 Å². The van der Waals surface area contributed by atoms with Crippen molar-refractivity contribution in [1.82, 2.24) is 15.3 Å². The van der Waals surface area contributed by atoms with Crippen molar-refractivity contribution in [3.05, 3.63) is 52.6 Å². The third-order valence-electron chi connectivity index (χ3n) is 3.95. The van der Waals surface area contributed by atoms with Gasteiger partial charge in [-0.05, 0) is 43.5 Å². The van der Waals surface area contributed by atoms with Crippen molar-refractivity contribution in [2.75, 3.05) is 18.0 Å². The molecule has 24 heavy (non-hydrogen) atoms. The molecule has 1 saturated heterocycles. The topological polar surface area (TPSA) is 58.1 Å². The smallest absolute Gasteiger partial charge is 0.253 e. The third-order valence-corrected chi connectivity index (χ3v) is 4.26. The summed E-state index contributed by atoms with van der Waals surface area (Å²) in [6.07, 6.45) is 5.23. The molecule has 1 aromatic carbocycles. The van der Waals surface area contributed by atoms with Gasteiger partial charge in [-0.1, -0.05) is 11.6 Å². The van der Waals surface area contributed by atoms with Crippen LogP contribution in [0.3, 0.4) is 0 Å². The Hall–Kier alpha value is -2.21. The molecule has 7 heteroatoms. The van der Waals surface area contributed by atoms with E-state index in [0.29, 0.717) is 5.95 Å². The van der Waals surface area contributed by atoms with Gasteiger partial charge in [0, 0.05) is 19.3 Å². The van der Waals surface area contributed by atoms with E-state index in [4.69, 9.17) is 11.6 Å². The number of aromatic nitrogens is 2. The zero-order valence-electron chi connectivity index (χ0n) is 13.1. The summed E-state index contributed by atoms with van der Waals surface area (Å²) in [5.41, 5.74) is 0.959. The molecule has 0 atom stereocenters. The molecule has 1 aromatic heterocycles. The van der Waals surface area contributed by atoms with E-state index in [1.807, 2.05) is 0 Å². The minimum atomic E-state index is -0.474. The number of hydrogen-bond acceptors (Lipinski definition) is 4. The molecule has 2 aromatic rings. The number of hydrogen-bond donors (Lipinski definition) is 1. The van der Waals surface area contributed by atoms with Gasteiger partial charge in [0.2, 0.25) is 5.95 Å². The van der Waals surface area contributed by atoms with Gasteiger partial charge in [0.1, 0.15) is 5.82 Å². The van der Waals surface area contributed by atoms with Crippen molar-refractivity contribution in [1.29, 1.82) is 0 Å². The van der Waals surface area contributed by atoms with E-state index in [1.54, 1.807) is 12.3 Å². The fraction of sp³-hybridized carbons (Fsp3) is 0.353. The van der Waals surface area contributed by atoms with E-state index in [0.717, 1.165) is 37.7 Å². The van der Waals surface area contributed by atoms with Gasteiger partial charge in [0.15, 0.2) is 0 Å². The molecule has 3 rings (SSSR count). The molecule has 0 spiro atoms. The van der Waals surface area contributed by atoms with Crippen LogP contribution in [-0.2, 0) is 6.54 Å². The molecule has 1 amide bonds. The van der Waals surface area contributed by atoms with Crippen molar-refractivity contribution >= 4 is 23.5 Å². The second-order valence-electron chi connectivity index (χ2n) is 5.70. The van der Waals surface area contributed by atoms with Crippen molar-refractivity contribution in [3.63, 3.8) is 0 Å². The minimum absolute atomic E-state index is 0.0872. The molecule has 1 aliphatic rings. The summed E-state index contributed by atoms with van der Waals surface area (Å²) in [6.45, 7) is 2.18. The lowest BCUT2D eigenvalue weighted by molar-refractivity contribution is 0.0950. The van der Waals surface area contributed by atoms with Crippen LogP contribution in [0.1, 0.15) is 35.3 Å². The van der Waals surface area contributed by atoms with Crippen molar-refractivity contribution in [3.8, 4) is 0 Å². The second kappa shape index (κ2) is 7.57. The summed E-state index contributed by atoms with van der Waals surface area (Å²) in [7, 11) is 0. The van der Waals surface area contributed by atoms with Gasteiger partial charge >= 0.3 is 0 Å². The molecule has 126 valence electrons. The summed E-state index contributed by atoms with van der Waals surface area (Å²) < 4.78 is 13.0. The predicted molar refractivity (Wildman–Crippen MR) is 90.7 cm³/mol. The van der Waals surface area contributed by atoms with Crippen LogP contribution in [-0.4, -0.2) is 29.0 Å². The maximum atomic E-state index is 13.0. The lowest BCUT2D eigenvalue weighted by Crippen LogP contribution is -2.31. The maximum absolute atomic E-state index is 13.0. The maximum Gasteiger partial charge on any atom is 0.253 e. The second-order valence-corrected chi connectivity index (χ2v) is 6.11. The first kappa shape index (κ1) is 16.6. The van der Waals surface area contributed by atoms with Crippen molar-refractivity contribution in [2.24, 2.45) is 0 Å². The number of halogens is 2. The summed E-state index contributed by atoms with van der Waals surface area (Å²) in [5, 5.41) is 2.84. The molecule has 1 fully saturated rings. The van der Waals surface area contributed by atoms with E-state index in [2.05, 4.69) is 20.2 Å². The zero-order valence-corrected chi connectivity index (χ0v) is 13.9. The van der Waals surface area contributed by atoms with Gasteiger partial charge in [0.25, 0.3) is 5.91 Å². The van der Waals surface area contributed by atoms with Crippen LogP contribution in [0.5, 0.6) is 0 Å². The average molecular weight is 349 g/mol. The summed E-state index contributed by atoms with van der Waals surface area (Å²) in [5.74, 6) is -0.141. The predicted octanol–water partition coefficient (Wildman–Crippen LogP) is 3.19. The van der Waals surface area contributed by atoms with Crippen LogP contribution in [0.25, 0.3) is 0 Å². The number of nitrogens with one attached hydrogen (secondary N) is 1. The highest BCUT2D eigenvalue weighted by Crippen LogP contribution is 2.18. The quantitative estimate of drug-likeness (QED) is 0.922. The Morgan fingerprint density at radius 3 is 2.79 bits per heavy atom. The first-order valence-corrected chi connectivity index (χ1v) is 8.31. The fourth-order valence-corrected chi connectivity index (χ4v) is 2.92. The van der Waals surface area contributed by atoms with Gasteiger partial charge < -0.3 is 10.2 Å². The molecule has 0 saturated carbocycles. The molecular formula is C17H18ClFN4O. The molecule has 0 aliphatic carbocycles. The Morgan fingerprint density at radius 1 is 1.25 bits per heavy atom. The summed E-state index contributed by atoms with van der Waals surface area (Å²) in [6, 6.07) is 5.46. The molecule has 0 bridgehead atoms. The highest BCUT2D eigenvalue weighted by molar-refractivity contribution is 6.33. The number of rotatable bonds is 4. The average Bonchev–Trinajstić information content (AvgIpc) is 2.61. The molecular weight excluding hydrogens is 331 g/mol. The van der Waals surface area contributed by atoms with Crippen LogP contribution in [0.15, 0.2) is 30.5 Å². The molecule has 0 unspecified atom stereocenters. The van der Waals surface area contributed by atoms with Crippen LogP contribution in [0, 0.1) is 5.82 Å². The highest BCUT2D eigenvalue weighted by atomic mass is 35.5. The van der Waals surface area contributed by atoms with Crippen LogP contribution < -0.4 is 10.2 Å². The number of anilines is 1. The number of piperidine rings is 1. The van der Waals surface area contributed by atoms with Gasteiger partial charge in [-0.25, -0.2) is 14.4 Å². The normalized spacial score (nSPS) is 14.5. The fourth-order valence-electron chi connectivity index (χ4n) is 2.67. The van der Waals surface area contributed by atoms with E-state index >= 15 is 0 Å². The Balaban J connectivity index is 1.64. The molecule has 0 radical (unpaired) electrons. The number of carbonyl (C=O) groups is 1. The van der Waals surface area contributed by atoms with Crippen molar-refractivity contribution in [2.45, 2.75) is 25.8 Å². The largest absolute Gasteiger partial charge is 0.346 e. The first-order valence-electron chi connectivity index (χ1n) is 7.93. The van der Waals surface area contributed by atoms with E-state index in [1.165, 1.54) is 18.6 Å². The molecule has 2 heterocycles. The molecule has 1 N–H and O–H groups in total. The van der Waals surface area contributed by atoms with E-state index < -0.39 is 5.82 Å². The van der Waals surface area contributed by atoms with E-state index in [9.17, 15) is 9.18 Å². The van der Waals surface area contributed by atoms with Crippen LogP contribution >= 0.6 is 11.6 Å². The lowest BCUT2D eigenvalue weighted by Gasteiger charge is -2.26. The zero-order chi connectivity index (χ0) is 16.9. The Kier molecular flexibility index (Phi) is 5.25. The third kappa shape index (κ3) is 4.00. The molecule has 1 aliphatic heterocycles. The summed E-state index contributed by atoms with van der Waals surface area (Å²) >= 11 is 5.90. The van der Waals surface area contributed by atoms with Gasteiger partial charge in [-0.15, -0.1) is 0 Å². The number of carbonyl (C=O) groups excluding carboxylic acids is 1. The minimum Gasteiger partial charge on any atom is -0.346 e. The number of amides is 1. The first-order chi connectivity index (χ1) is 11.6. The van der Waals surface area contributed by atoms with E-state index in [-0.39, 0.29) is 23.0 Å². The Labute approximate surface area is 144 Å². The number of benzene rings is 1. The lowest BCUT2D eigenvalue weighted by atomic mass is 10.1. The highest BCUT2D eigenvalue weighted by Gasteiger charge is 2.14. The van der Waals surface area contributed by atoms with Crippen LogP contribution in [0.4, 0.5) is 10.3 Å². The van der Waals surface area contributed by atoms with Crippen LogP contribution in [0.2, 0.25) is 5.02 Å². The Morgan fingerprint density at radius 2 is 2.04 bits per heavy atom. The SMILES string of the molecule is O=C(NCc1ccnc(N2CCCCC2)n1)c1ccc(F)cc1Cl. The van der Waals surface area contributed by atoms with Gasteiger partial charge in [-0.2, -0.15) is 0 Å². The monoisotopic (exact) mass is 348 g/mol. The summed E-state index contributed by atoms with van der Waals surface area (Å²) in [4.78, 5) is 23.1. The Bertz CT molecular complexity index is 734. The van der Waals surface area contributed by atoms with Gasteiger partial charge in [-0.3, -0.25) is 4.79 Å². The number of nitrogens with zero attached hydrogens (tertiary/aromatic N) is 3.